The summed E-state index contributed by atoms with van der Waals surface area (Å²) in [5.41, 5.74) is 0.915. The minimum atomic E-state index is -0.249. The number of amides is 1. The molecule has 1 amide bonds. The molecule has 1 aromatic carbocycles. The molecule has 1 unspecified atom stereocenters. The van der Waals surface area contributed by atoms with Crippen LogP contribution in [0.1, 0.15) is 17.2 Å². The maximum absolute atomic E-state index is 12.6. The van der Waals surface area contributed by atoms with Crippen molar-refractivity contribution in [1.82, 2.24) is 25.0 Å². The smallest absolute Gasteiger partial charge is 0.239 e. The molecule has 2 aromatic rings. The number of fused-ring (bicyclic) bond motifs is 2. The summed E-state index contributed by atoms with van der Waals surface area (Å²) in [6.07, 6.45) is 0. The molecule has 0 saturated carbocycles. The minimum Gasteiger partial charge on any atom is -0.454 e. The third kappa shape index (κ3) is 2.48. The Kier molecular flexibility index (Phi) is 3.61. The molecule has 0 bridgehead atoms. The molecule has 0 aliphatic carbocycles. The molecule has 24 heavy (non-hydrogen) atoms. The van der Waals surface area contributed by atoms with E-state index in [1.165, 1.54) is 0 Å². The highest BCUT2D eigenvalue weighted by Gasteiger charge is 2.31. The van der Waals surface area contributed by atoms with Crippen LogP contribution < -0.4 is 14.8 Å². The van der Waals surface area contributed by atoms with E-state index in [1.807, 2.05) is 41.6 Å². The Balaban J connectivity index is 1.45. The zero-order chi connectivity index (χ0) is 16.7. The monoisotopic (exact) mass is 329 g/mol. The SMILES string of the molecule is Cc1nnc2n1CC(C(=O)NCc1cccc3c1OCO3)N(C)C2. The summed E-state index contributed by atoms with van der Waals surface area (Å²) in [4.78, 5) is 14.6. The number of rotatable bonds is 3. The van der Waals surface area contributed by atoms with Crippen LogP contribution in [0.25, 0.3) is 0 Å². The molecule has 8 nitrogen and oxygen atoms in total. The lowest BCUT2D eigenvalue weighted by atomic mass is 10.1. The standard InChI is InChI=1S/C16H19N5O3/c1-10-18-19-14-8-20(2)12(7-21(10)14)16(22)17-6-11-4-3-5-13-15(11)24-9-23-13/h3-5,12H,6-9H2,1-2H3,(H,17,22). The van der Waals surface area contributed by atoms with Gasteiger partial charge in [0.25, 0.3) is 0 Å². The van der Waals surface area contributed by atoms with Gasteiger partial charge in [0.2, 0.25) is 12.7 Å². The summed E-state index contributed by atoms with van der Waals surface area (Å²) in [5, 5.41) is 11.2. The number of aryl methyl sites for hydroxylation is 1. The number of nitrogens with one attached hydrogen (secondary N) is 1. The fraction of sp³-hybridized carbons (Fsp3) is 0.438. The molecule has 4 rings (SSSR count). The second-order valence-electron chi connectivity index (χ2n) is 6.07. The van der Waals surface area contributed by atoms with E-state index < -0.39 is 0 Å². The van der Waals surface area contributed by atoms with Crippen molar-refractivity contribution in [3.8, 4) is 11.5 Å². The average molecular weight is 329 g/mol. The Hall–Kier alpha value is -2.61. The molecule has 0 saturated heterocycles. The number of nitrogens with zero attached hydrogens (tertiary/aromatic N) is 4. The number of carbonyl (C=O) groups excluding carboxylic acids is 1. The van der Waals surface area contributed by atoms with Crippen molar-refractivity contribution in [1.29, 1.82) is 0 Å². The van der Waals surface area contributed by atoms with Crippen molar-refractivity contribution < 1.29 is 14.3 Å². The van der Waals surface area contributed by atoms with Crippen molar-refractivity contribution in [2.45, 2.75) is 32.6 Å². The zero-order valence-electron chi connectivity index (χ0n) is 13.7. The van der Waals surface area contributed by atoms with Crippen LogP contribution >= 0.6 is 0 Å². The van der Waals surface area contributed by atoms with E-state index in [0.717, 1.165) is 23.0 Å². The van der Waals surface area contributed by atoms with Crippen LogP contribution in [0.4, 0.5) is 0 Å². The molecule has 1 N–H and O–H groups in total. The topological polar surface area (TPSA) is 81.5 Å². The molecule has 1 atom stereocenters. The van der Waals surface area contributed by atoms with Gasteiger partial charge < -0.3 is 19.4 Å². The van der Waals surface area contributed by atoms with E-state index in [4.69, 9.17) is 9.47 Å². The van der Waals surface area contributed by atoms with E-state index >= 15 is 0 Å². The van der Waals surface area contributed by atoms with Gasteiger partial charge in [-0.25, -0.2) is 0 Å². The van der Waals surface area contributed by atoms with Crippen molar-refractivity contribution in [2.75, 3.05) is 13.8 Å². The number of hydrogen-bond donors (Lipinski definition) is 1. The quantitative estimate of drug-likeness (QED) is 0.880. The lowest BCUT2D eigenvalue weighted by Gasteiger charge is -2.32. The second kappa shape index (κ2) is 5.79. The fourth-order valence-corrected chi connectivity index (χ4v) is 3.14. The summed E-state index contributed by atoms with van der Waals surface area (Å²) < 4.78 is 12.8. The van der Waals surface area contributed by atoms with Gasteiger partial charge in [0.1, 0.15) is 17.7 Å². The third-order valence-electron chi connectivity index (χ3n) is 4.52. The van der Waals surface area contributed by atoms with Gasteiger partial charge in [-0.3, -0.25) is 9.69 Å². The molecule has 1 aromatic heterocycles. The van der Waals surface area contributed by atoms with Crippen LogP contribution in [0, 0.1) is 6.92 Å². The number of benzene rings is 1. The van der Waals surface area contributed by atoms with Crippen LogP contribution in [-0.2, 0) is 24.4 Å². The summed E-state index contributed by atoms with van der Waals surface area (Å²) in [6, 6.07) is 5.44. The van der Waals surface area contributed by atoms with E-state index in [9.17, 15) is 4.79 Å². The highest BCUT2D eigenvalue weighted by Crippen LogP contribution is 2.35. The minimum absolute atomic E-state index is 0.0206. The first-order valence-electron chi connectivity index (χ1n) is 7.87. The average Bonchev–Trinajstić information content (AvgIpc) is 3.19. The molecule has 0 radical (unpaired) electrons. The van der Waals surface area contributed by atoms with Gasteiger partial charge in [0.15, 0.2) is 11.5 Å². The maximum atomic E-state index is 12.6. The second-order valence-corrected chi connectivity index (χ2v) is 6.07. The van der Waals surface area contributed by atoms with Gasteiger partial charge in [-0.15, -0.1) is 10.2 Å². The number of carbonyl (C=O) groups is 1. The number of ether oxygens (including phenoxy) is 2. The van der Waals surface area contributed by atoms with Crippen LogP contribution in [0.5, 0.6) is 11.5 Å². The van der Waals surface area contributed by atoms with E-state index in [2.05, 4.69) is 15.5 Å². The molecule has 2 aliphatic rings. The normalized spacial score (nSPS) is 19.2. The van der Waals surface area contributed by atoms with E-state index in [0.29, 0.717) is 25.4 Å². The molecule has 8 heteroatoms. The van der Waals surface area contributed by atoms with Crippen molar-refractivity contribution in [3.63, 3.8) is 0 Å². The molecule has 3 heterocycles. The first kappa shape index (κ1) is 14.9. The van der Waals surface area contributed by atoms with Gasteiger partial charge in [-0.05, 0) is 20.0 Å². The molecule has 126 valence electrons. The largest absolute Gasteiger partial charge is 0.454 e. The molecule has 2 aliphatic heterocycles. The van der Waals surface area contributed by atoms with Gasteiger partial charge in [-0.2, -0.15) is 0 Å². The number of para-hydroxylation sites is 1. The predicted octanol–water partition coefficient (Wildman–Crippen LogP) is 0.446. The number of likely N-dealkylation sites (N-methyl/N-ethyl adjacent to an activating group) is 1. The summed E-state index contributed by atoms with van der Waals surface area (Å²) >= 11 is 0. The lowest BCUT2D eigenvalue weighted by Crippen LogP contribution is -2.50. The van der Waals surface area contributed by atoms with Crippen molar-refractivity contribution in [3.05, 3.63) is 35.4 Å². The molecule has 0 fully saturated rings. The van der Waals surface area contributed by atoms with E-state index in [-0.39, 0.29) is 18.7 Å². The fourth-order valence-electron chi connectivity index (χ4n) is 3.14. The van der Waals surface area contributed by atoms with E-state index in [1.54, 1.807) is 0 Å². The maximum Gasteiger partial charge on any atom is 0.239 e. The first-order valence-corrected chi connectivity index (χ1v) is 7.87. The Morgan fingerprint density at radius 2 is 2.25 bits per heavy atom. The van der Waals surface area contributed by atoms with Gasteiger partial charge >= 0.3 is 0 Å². The summed E-state index contributed by atoms with van der Waals surface area (Å²) in [6.45, 7) is 3.70. The van der Waals surface area contributed by atoms with Gasteiger partial charge in [-0.1, -0.05) is 12.1 Å². The zero-order valence-corrected chi connectivity index (χ0v) is 13.7. The van der Waals surface area contributed by atoms with Crippen LogP contribution in [0.2, 0.25) is 0 Å². The molecular formula is C16H19N5O3. The summed E-state index contributed by atoms with van der Waals surface area (Å²) in [7, 11) is 1.93. The van der Waals surface area contributed by atoms with Crippen LogP contribution in [-0.4, -0.2) is 45.5 Å². The Bertz CT molecular complexity index is 788. The number of hydrogen-bond acceptors (Lipinski definition) is 6. The Morgan fingerprint density at radius 3 is 3.12 bits per heavy atom. The molecular weight excluding hydrogens is 310 g/mol. The highest BCUT2D eigenvalue weighted by molar-refractivity contribution is 5.81. The molecule has 0 spiro atoms. The highest BCUT2D eigenvalue weighted by atomic mass is 16.7. The van der Waals surface area contributed by atoms with Crippen LogP contribution in [0.15, 0.2) is 18.2 Å². The number of aromatic nitrogens is 3. The van der Waals surface area contributed by atoms with Crippen molar-refractivity contribution in [2.24, 2.45) is 0 Å². The van der Waals surface area contributed by atoms with Crippen LogP contribution in [0.3, 0.4) is 0 Å². The van der Waals surface area contributed by atoms with Crippen molar-refractivity contribution >= 4 is 5.91 Å². The Labute approximate surface area is 139 Å². The third-order valence-corrected chi connectivity index (χ3v) is 4.52. The predicted molar refractivity (Wildman–Crippen MR) is 84.4 cm³/mol. The lowest BCUT2D eigenvalue weighted by molar-refractivity contribution is -0.127. The summed E-state index contributed by atoms with van der Waals surface area (Å²) in [5.74, 6) is 3.15. The first-order chi connectivity index (χ1) is 11.6. The van der Waals surface area contributed by atoms with Gasteiger partial charge in [0.05, 0.1) is 13.1 Å². The Morgan fingerprint density at radius 1 is 1.38 bits per heavy atom. The van der Waals surface area contributed by atoms with Gasteiger partial charge in [0, 0.05) is 12.1 Å².